The van der Waals surface area contributed by atoms with E-state index in [9.17, 15) is 4.79 Å². The average molecular weight is 398 g/mol. The zero-order valence-electron chi connectivity index (χ0n) is 14.8. The summed E-state index contributed by atoms with van der Waals surface area (Å²) in [5.41, 5.74) is 3.37. The highest BCUT2D eigenvalue weighted by Crippen LogP contribution is 2.29. The van der Waals surface area contributed by atoms with Gasteiger partial charge in [0.1, 0.15) is 0 Å². The maximum absolute atomic E-state index is 12.3. The van der Waals surface area contributed by atoms with Gasteiger partial charge in [-0.15, -0.1) is 11.3 Å². The van der Waals surface area contributed by atoms with E-state index >= 15 is 0 Å². The summed E-state index contributed by atoms with van der Waals surface area (Å²) in [6.45, 7) is 2.20. The summed E-state index contributed by atoms with van der Waals surface area (Å²) < 4.78 is 0. The summed E-state index contributed by atoms with van der Waals surface area (Å²) in [6.07, 6.45) is 3.81. The molecule has 3 aromatic rings. The molecule has 1 aromatic heterocycles. The molecule has 1 aliphatic rings. The highest BCUT2D eigenvalue weighted by Gasteiger charge is 2.15. The molecular formula is C21H20ClN3OS. The number of anilines is 2. The smallest absolute Gasteiger partial charge is 0.255 e. The first kappa shape index (κ1) is 18.0. The monoisotopic (exact) mass is 397 g/mol. The number of rotatable bonds is 4. The number of amides is 1. The van der Waals surface area contributed by atoms with E-state index in [0.717, 1.165) is 35.2 Å². The van der Waals surface area contributed by atoms with Gasteiger partial charge in [-0.25, -0.2) is 4.98 Å². The minimum atomic E-state index is -0.152. The fourth-order valence-electron chi connectivity index (χ4n) is 3.16. The second kappa shape index (κ2) is 8.11. The molecule has 4 nitrogen and oxygen atoms in total. The van der Waals surface area contributed by atoms with Crippen LogP contribution in [0.5, 0.6) is 0 Å². The molecule has 1 amide bonds. The van der Waals surface area contributed by atoms with Crippen molar-refractivity contribution in [2.75, 3.05) is 23.3 Å². The molecular weight excluding hydrogens is 378 g/mol. The van der Waals surface area contributed by atoms with Gasteiger partial charge in [-0.3, -0.25) is 4.79 Å². The van der Waals surface area contributed by atoms with Crippen LogP contribution in [-0.4, -0.2) is 24.0 Å². The summed E-state index contributed by atoms with van der Waals surface area (Å²) in [4.78, 5) is 19.5. The van der Waals surface area contributed by atoms with Gasteiger partial charge in [0.2, 0.25) is 0 Å². The summed E-state index contributed by atoms with van der Waals surface area (Å²) in [5.74, 6) is -0.152. The molecule has 0 atom stereocenters. The number of benzene rings is 2. The van der Waals surface area contributed by atoms with Crippen LogP contribution in [0.3, 0.4) is 0 Å². The Kier molecular flexibility index (Phi) is 5.41. The minimum Gasteiger partial charge on any atom is -0.348 e. The van der Waals surface area contributed by atoms with Crippen LogP contribution < -0.4 is 10.2 Å². The lowest BCUT2D eigenvalue weighted by atomic mass is 10.1. The molecule has 0 radical (unpaired) electrons. The summed E-state index contributed by atoms with van der Waals surface area (Å²) in [7, 11) is 0. The van der Waals surface area contributed by atoms with E-state index in [1.165, 1.54) is 19.3 Å². The van der Waals surface area contributed by atoms with Gasteiger partial charge >= 0.3 is 0 Å². The van der Waals surface area contributed by atoms with E-state index in [1.807, 2.05) is 24.3 Å². The molecule has 1 N–H and O–H groups in total. The molecule has 0 saturated carbocycles. The lowest BCUT2D eigenvalue weighted by molar-refractivity contribution is 0.102. The standard InChI is InChI=1S/C21H20ClN3OS/c22-17-8-4-16(5-9-17)20(26)23-18-10-6-15(7-11-18)19-14-27-21(24-19)25-12-2-1-3-13-25/h4-11,14H,1-3,12-13H2,(H,23,26). The van der Waals surface area contributed by atoms with Gasteiger partial charge in [0.25, 0.3) is 5.91 Å². The largest absolute Gasteiger partial charge is 0.348 e. The molecule has 6 heteroatoms. The molecule has 27 heavy (non-hydrogen) atoms. The molecule has 0 unspecified atom stereocenters. The van der Waals surface area contributed by atoms with Crippen molar-refractivity contribution in [2.45, 2.75) is 19.3 Å². The van der Waals surface area contributed by atoms with E-state index < -0.39 is 0 Å². The van der Waals surface area contributed by atoms with Crippen LogP contribution in [0, 0.1) is 0 Å². The van der Waals surface area contributed by atoms with Gasteiger partial charge in [0.05, 0.1) is 5.69 Å². The van der Waals surface area contributed by atoms with Gasteiger partial charge in [-0.1, -0.05) is 23.7 Å². The van der Waals surface area contributed by atoms with Gasteiger partial charge in [-0.05, 0) is 55.7 Å². The van der Waals surface area contributed by atoms with Crippen molar-refractivity contribution in [2.24, 2.45) is 0 Å². The zero-order chi connectivity index (χ0) is 18.6. The molecule has 1 saturated heterocycles. The lowest BCUT2D eigenvalue weighted by Gasteiger charge is -2.25. The Labute approximate surface area is 167 Å². The van der Waals surface area contributed by atoms with E-state index in [-0.39, 0.29) is 5.91 Å². The van der Waals surface area contributed by atoms with Crippen molar-refractivity contribution in [1.29, 1.82) is 0 Å². The van der Waals surface area contributed by atoms with Gasteiger partial charge < -0.3 is 10.2 Å². The second-order valence-electron chi connectivity index (χ2n) is 6.60. The summed E-state index contributed by atoms with van der Waals surface area (Å²) in [5, 5.41) is 6.72. The van der Waals surface area contributed by atoms with E-state index in [1.54, 1.807) is 35.6 Å². The Morgan fingerprint density at radius 2 is 1.70 bits per heavy atom. The maximum atomic E-state index is 12.3. The van der Waals surface area contributed by atoms with Crippen LogP contribution in [0.2, 0.25) is 5.02 Å². The van der Waals surface area contributed by atoms with E-state index in [2.05, 4.69) is 15.6 Å². The molecule has 2 heterocycles. The van der Waals surface area contributed by atoms with Crippen LogP contribution in [0.1, 0.15) is 29.6 Å². The third kappa shape index (κ3) is 4.31. The van der Waals surface area contributed by atoms with Crippen LogP contribution >= 0.6 is 22.9 Å². The average Bonchev–Trinajstić information content (AvgIpc) is 3.20. The number of thiazole rings is 1. The first-order chi connectivity index (χ1) is 13.2. The normalized spacial score (nSPS) is 14.2. The Balaban J connectivity index is 1.43. The molecule has 1 fully saturated rings. The van der Waals surface area contributed by atoms with Crippen LogP contribution in [0.4, 0.5) is 10.8 Å². The Bertz CT molecular complexity index is 915. The van der Waals surface area contributed by atoms with Crippen molar-refractivity contribution < 1.29 is 4.79 Å². The quantitative estimate of drug-likeness (QED) is 0.613. The molecule has 2 aromatic carbocycles. The SMILES string of the molecule is O=C(Nc1ccc(-c2csc(N3CCCCC3)n2)cc1)c1ccc(Cl)cc1. The number of halogens is 1. The third-order valence-corrected chi connectivity index (χ3v) is 5.82. The van der Waals surface area contributed by atoms with Crippen molar-refractivity contribution in [3.05, 3.63) is 64.5 Å². The van der Waals surface area contributed by atoms with Crippen molar-refractivity contribution in [1.82, 2.24) is 4.98 Å². The number of nitrogens with one attached hydrogen (secondary N) is 1. The third-order valence-electron chi connectivity index (χ3n) is 4.66. The van der Waals surface area contributed by atoms with Crippen LogP contribution in [0.15, 0.2) is 53.9 Å². The lowest BCUT2D eigenvalue weighted by Crippen LogP contribution is -2.29. The van der Waals surface area contributed by atoms with Crippen LogP contribution in [0.25, 0.3) is 11.3 Å². The first-order valence-corrected chi connectivity index (χ1v) is 10.3. The predicted octanol–water partition coefficient (Wildman–Crippen LogP) is 5.71. The molecule has 4 rings (SSSR count). The maximum Gasteiger partial charge on any atom is 0.255 e. The number of aromatic nitrogens is 1. The number of hydrogen-bond acceptors (Lipinski definition) is 4. The van der Waals surface area contributed by atoms with Gasteiger partial charge in [0, 0.05) is 40.3 Å². The fraction of sp³-hybridized carbons (Fsp3) is 0.238. The number of carbonyl (C=O) groups excluding carboxylic acids is 1. The predicted molar refractivity (Wildman–Crippen MR) is 113 cm³/mol. The summed E-state index contributed by atoms with van der Waals surface area (Å²) >= 11 is 7.56. The molecule has 0 spiro atoms. The van der Waals surface area contributed by atoms with E-state index in [0.29, 0.717) is 10.6 Å². The topological polar surface area (TPSA) is 45.2 Å². The van der Waals surface area contributed by atoms with Gasteiger partial charge in [0.15, 0.2) is 5.13 Å². The Morgan fingerprint density at radius 1 is 1.00 bits per heavy atom. The first-order valence-electron chi connectivity index (χ1n) is 9.07. The Morgan fingerprint density at radius 3 is 2.41 bits per heavy atom. The summed E-state index contributed by atoms with van der Waals surface area (Å²) in [6, 6.07) is 14.6. The van der Waals surface area contributed by atoms with Gasteiger partial charge in [-0.2, -0.15) is 0 Å². The van der Waals surface area contributed by atoms with Crippen molar-refractivity contribution >= 4 is 39.7 Å². The molecule has 1 aliphatic heterocycles. The zero-order valence-corrected chi connectivity index (χ0v) is 16.4. The highest BCUT2D eigenvalue weighted by molar-refractivity contribution is 7.14. The van der Waals surface area contributed by atoms with Crippen molar-refractivity contribution in [3.63, 3.8) is 0 Å². The highest BCUT2D eigenvalue weighted by atomic mass is 35.5. The minimum absolute atomic E-state index is 0.152. The fourth-order valence-corrected chi connectivity index (χ4v) is 4.17. The Hall–Kier alpha value is -2.37. The van der Waals surface area contributed by atoms with E-state index in [4.69, 9.17) is 16.6 Å². The number of hydrogen-bond donors (Lipinski definition) is 1. The number of piperidine rings is 1. The molecule has 0 aliphatic carbocycles. The number of carbonyl (C=O) groups is 1. The number of nitrogens with zero attached hydrogens (tertiary/aromatic N) is 2. The van der Waals surface area contributed by atoms with Crippen molar-refractivity contribution in [3.8, 4) is 11.3 Å². The molecule has 0 bridgehead atoms. The van der Waals surface area contributed by atoms with Crippen LogP contribution in [-0.2, 0) is 0 Å². The molecule has 138 valence electrons. The second-order valence-corrected chi connectivity index (χ2v) is 7.87.